The van der Waals surface area contributed by atoms with Gasteiger partial charge in [0.25, 0.3) is 0 Å². The second-order valence-corrected chi connectivity index (χ2v) is 4.31. The van der Waals surface area contributed by atoms with Crippen molar-refractivity contribution in [1.29, 1.82) is 0 Å². The molecule has 0 saturated carbocycles. The maximum Gasteiger partial charge on any atom is 0.306 e. The van der Waals surface area contributed by atoms with Crippen LogP contribution in [0.1, 0.15) is 19.8 Å². The highest BCUT2D eigenvalue weighted by molar-refractivity contribution is 5.73. The number of hydrogen-bond donors (Lipinski definition) is 2. The molecule has 0 aliphatic rings. The van der Waals surface area contributed by atoms with Crippen molar-refractivity contribution in [2.24, 2.45) is 5.92 Å². The van der Waals surface area contributed by atoms with E-state index in [1.54, 1.807) is 7.11 Å². The van der Waals surface area contributed by atoms with Crippen molar-refractivity contribution in [2.75, 3.05) is 46.7 Å². The lowest BCUT2D eigenvalue weighted by molar-refractivity contribution is -0.142. The van der Waals surface area contributed by atoms with Gasteiger partial charge in [-0.1, -0.05) is 0 Å². The summed E-state index contributed by atoms with van der Waals surface area (Å²) in [5.74, 6) is -1.52. The molecule has 2 N–H and O–H groups in total. The summed E-state index contributed by atoms with van der Waals surface area (Å²) in [5, 5.41) is 11.6. The molecule has 0 fully saturated rings. The Balaban J connectivity index is 3.55. The van der Waals surface area contributed by atoms with Crippen LogP contribution in [-0.4, -0.2) is 63.7 Å². The van der Waals surface area contributed by atoms with E-state index in [-0.39, 0.29) is 5.91 Å². The average Bonchev–Trinajstić information content (AvgIpc) is 2.39. The smallest absolute Gasteiger partial charge is 0.306 e. The van der Waals surface area contributed by atoms with Gasteiger partial charge in [0.15, 0.2) is 0 Å². The van der Waals surface area contributed by atoms with Gasteiger partial charge in [-0.05, 0) is 12.8 Å². The fraction of sp³-hybridized carbons (Fsp3) is 0.846. The number of methoxy groups -OCH3 is 1. The summed E-state index contributed by atoms with van der Waals surface area (Å²) in [5.41, 5.74) is 0. The number of amides is 1. The minimum Gasteiger partial charge on any atom is -0.481 e. The van der Waals surface area contributed by atoms with Crippen molar-refractivity contribution in [3.63, 3.8) is 0 Å². The van der Waals surface area contributed by atoms with Gasteiger partial charge in [-0.15, -0.1) is 0 Å². The van der Waals surface area contributed by atoms with E-state index in [1.165, 1.54) is 6.92 Å². The van der Waals surface area contributed by atoms with Gasteiger partial charge in [0, 0.05) is 27.2 Å². The molecule has 1 amide bonds. The monoisotopic (exact) mass is 291 g/mol. The van der Waals surface area contributed by atoms with Gasteiger partial charge in [-0.2, -0.15) is 0 Å². The largest absolute Gasteiger partial charge is 0.481 e. The van der Waals surface area contributed by atoms with Crippen molar-refractivity contribution < 1.29 is 28.9 Å². The number of rotatable bonds is 13. The number of carbonyl (C=O) groups is 2. The average molecular weight is 291 g/mol. The lowest BCUT2D eigenvalue weighted by Gasteiger charge is -2.12. The molecule has 20 heavy (non-hydrogen) atoms. The Morgan fingerprint density at radius 3 is 2.20 bits per heavy atom. The third-order valence-corrected chi connectivity index (χ3v) is 2.63. The zero-order chi connectivity index (χ0) is 15.2. The highest BCUT2D eigenvalue weighted by Crippen LogP contribution is 2.08. The molecule has 0 rings (SSSR count). The normalized spacial score (nSPS) is 12.1. The Labute approximate surface area is 119 Å². The molecule has 0 aliphatic heterocycles. The summed E-state index contributed by atoms with van der Waals surface area (Å²) in [6.07, 6.45) is 0.829. The van der Waals surface area contributed by atoms with E-state index in [2.05, 4.69) is 5.32 Å². The zero-order valence-electron chi connectivity index (χ0n) is 12.2. The summed E-state index contributed by atoms with van der Waals surface area (Å²) in [4.78, 5) is 21.7. The Bertz CT molecular complexity index is 272. The molecule has 1 atom stereocenters. The second-order valence-electron chi connectivity index (χ2n) is 4.31. The van der Waals surface area contributed by atoms with Gasteiger partial charge in [0.1, 0.15) is 0 Å². The molecular weight excluding hydrogens is 266 g/mol. The Kier molecular flexibility index (Phi) is 12.1. The van der Waals surface area contributed by atoms with Crippen molar-refractivity contribution in [2.45, 2.75) is 19.8 Å². The highest BCUT2D eigenvalue weighted by atomic mass is 16.5. The van der Waals surface area contributed by atoms with Crippen LogP contribution in [0.5, 0.6) is 0 Å². The molecule has 118 valence electrons. The molecule has 7 heteroatoms. The zero-order valence-corrected chi connectivity index (χ0v) is 12.2. The first kappa shape index (κ1) is 18.8. The van der Waals surface area contributed by atoms with Crippen molar-refractivity contribution in [3.8, 4) is 0 Å². The summed E-state index contributed by atoms with van der Waals surface area (Å²) in [7, 11) is 1.60. The second kappa shape index (κ2) is 12.8. The minimum absolute atomic E-state index is 0.154. The Morgan fingerprint density at radius 1 is 1.05 bits per heavy atom. The van der Waals surface area contributed by atoms with Crippen LogP contribution in [0.2, 0.25) is 0 Å². The maximum absolute atomic E-state index is 11.0. The Morgan fingerprint density at radius 2 is 1.65 bits per heavy atom. The van der Waals surface area contributed by atoms with Gasteiger partial charge >= 0.3 is 5.97 Å². The van der Waals surface area contributed by atoms with E-state index in [9.17, 15) is 9.59 Å². The van der Waals surface area contributed by atoms with E-state index < -0.39 is 11.9 Å². The van der Waals surface area contributed by atoms with Gasteiger partial charge in [0.05, 0.1) is 32.3 Å². The van der Waals surface area contributed by atoms with Gasteiger partial charge in [-0.3, -0.25) is 9.59 Å². The van der Waals surface area contributed by atoms with Crippen LogP contribution >= 0.6 is 0 Å². The highest BCUT2D eigenvalue weighted by Gasteiger charge is 2.16. The lowest BCUT2D eigenvalue weighted by atomic mass is 10.0. The fourth-order valence-electron chi connectivity index (χ4n) is 1.50. The van der Waals surface area contributed by atoms with Crippen LogP contribution in [0.4, 0.5) is 0 Å². The molecule has 1 unspecified atom stereocenters. The molecule has 0 heterocycles. The third-order valence-electron chi connectivity index (χ3n) is 2.63. The SMILES string of the molecule is COCCOCCOCCC(CCNC(C)=O)C(=O)O. The number of aliphatic carboxylic acids is 1. The first-order chi connectivity index (χ1) is 9.57. The summed E-state index contributed by atoms with van der Waals surface area (Å²) in [6.45, 7) is 4.10. The molecule has 0 radical (unpaired) electrons. The van der Waals surface area contributed by atoms with E-state index in [0.29, 0.717) is 52.4 Å². The fourth-order valence-corrected chi connectivity index (χ4v) is 1.50. The van der Waals surface area contributed by atoms with Crippen molar-refractivity contribution >= 4 is 11.9 Å². The van der Waals surface area contributed by atoms with Crippen LogP contribution < -0.4 is 5.32 Å². The van der Waals surface area contributed by atoms with E-state index in [1.807, 2.05) is 0 Å². The van der Waals surface area contributed by atoms with Gasteiger partial charge in [0.2, 0.25) is 5.91 Å². The number of carboxylic acids is 1. The molecule has 0 spiro atoms. The van der Waals surface area contributed by atoms with E-state index in [4.69, 9.17) is 19.3 Å². The molecule has 0 aromatic carbocycles. The van der Waals surface area contributed by atoms with Crippen LogP contribution in [0, 0.1) is 5.92 Å². The predicted octanol–water partition coefficient (Wildman–Crippen LogP) is 0.283. The molecule has 0 aromatic heterocycles. The molecule has 0 aliphatic carbocycles. The first-order valence-corrected chi connectivity index (χ1v) is 6.69. The van der Waals surface area contributed by atoms with Crippen molar-refractivity contribution in [1.82, 2.24) is 5.32 Å². The standard InChI is InChI=1S/C13H25NO6/c1-11(15)14-5-3-12(13(16)17)4-6-19-9-10-20-8-7-18-2/h12H,3-10H2,1-2H3,(H,14,15)(H,16,17). The maximum atomic E-state index is 11.0. The molecule has 0 saturated heterocycles. The van der Waals surface area contributed by atoms with Crippen LogP contribution in [0.15, 0.2) is 0 Å². The molecule has 0 bridgehead atoms. The lowest BCUT2D eigenvalue weighted by Crippen LogP contribution is -2.26. The van der Waals surface area contributed by atoms with Crippen molar-refractivity contribution in [3.05, 3.63) is 0 Å². The number of carboxylic acid groups (broad SMARTS) is 1. The molecule has 0 aromatic rings. The van der Waals surface area contributed by atoms with Crippen LogP contribution in [0.25, 0.3) is 0 Å². The van der Waals surface area contributed by atoms with E-state index >= 15 is 0 Å². The molecular formula is C13H25NO6. The summed E-state index contributed by atoms with van der Waals surface area (Å²) in [6, 6.07) is 0. The summed E-state index contributed by atoms with van der Waals surface area (Å²) >= 11 is 0. The van der Waals surface area contributed by atoms with Gasteiger partial charge in [-0.25, -0.2) is 0 Å². The van der Waals surface area contributed by atoms with Gasteiger partial charge < -0.3 is 24.6 Å². The summed E-state index contributed by atoms with van der Waals surface area (Å²) < 4.78 is 15.3. The molecule has 7 nitrogen and oxygen atoms in total. The van der Waals surface area contributed by atoms with Crippen LogP contribution in [0.3, 0.4) is 0 Å². The number of nitrogens with one attached hydrogen (secondary N) is 1. The van der Waals surface area contributed by atoms with E-state index in [0.717, 1.165) is 0 Å². The Hall–Kier alpha value is -1.18. The van der Waals surface area contributed by atoms with Crippen LogP contribution in [-0.2, 0) is 23.8 Å². The quantitative estimate of drug-likeness (QED) is 0.473. The predicted molar refractivity (Wildman–Crippen MR) is 72.6 cm³/mol. The first-order valence-electron chi connectivity index (χ1n) is 6.69. The number of carbonyl (C=O) groups excluding carboxylic acids is 1. The number of ether oxygens (including phenoxy) is 3. The topological polar surface area (TPSA) is 94.1 Å². The number of hydrogen-bond acceptors (Lipinski definition) is 5. The minimum atomic E-state index is -0.865. The third kappa shape index (κ3) is 11.9.